The molecule has 0 saturated heterocycles. The van der Waals surface area contributed by atoms with Crippen molar-refractivity contribution < 1.29 is 95.4 Å². The monoisotopic (exact) mass is 1300 g/mol. The number of carbonyl (C=O) groups is 3. The van der Waals surface area contributed by atoms with Gasteiger partial charge in [-0.3, -0.25) is 18.2 Å². The summed E-state index contributed by atoms with van der Waals surface area (Å²) >= 11 is 0. The van der Waals surface area contributed by atoms with Crippen LogP contribution in [0, 0.1) is 13.8 Å². The maximum atomic E-state index is 13.1. The van der Waals surface area contributed by atoms with Gasteiger partial charge in [-0.2, -0.15) is 54.1 Å². The highest BCUT2D eigenvalue weighted by Gasteiger charge is 2.17. The molecule has 468 valence electrons. The SMILES string of the molecule is Cc1cc(N=Nc2ccc(NC(=O)Nc3ccc(N=Nc4cc(C)c(N=Nc5ccc(C(=O)O)cc5OCCCS(=O)(=O)O)cc4OCCCS(=O)(=O)O)cc3)cc2)c(OCCCS(=O)(=O)O)cc1N=Nc1ccc(C(=O)O)cc1OCCCS(=O)(=O)O. The molecule has 0 atom stereocenters. The molecule has 8 N–H and O–H groups in total. The van der Waals surface area contributed by atoms with E-state index < -0.39 is 81.5 Å². The first-order valence-corrected chi connectivity index (χ1v) is 32.2. The molecular weight excluding hydrogens is 1240 g/mol. The number of aryl methyl sites for hydroxylation is 2. The van der Waals surface area contributed by atoms with Crippen LogP contribution >= 0.6 is 0 Å². The molecule has 0 radical (unpaired) electrons. The molecule has 88 heavy (non-hydrogen) atoms. The van der Waals surface area contributed by atoms with Crippen molar-refractivity contribution in [2.75, 3.05) is 60.1 Å². The molecule has 35 heteroatoms. The molecule has 6 aromatic rings. The quantitative estimate of drug-likeness (QED) is 0.0110. The summed E-state index contributed by atoms with van der Waals surface area (Å²) in [4.78, 5) is 36.4. The molecular formula is C53H56N10O21S4. The highest BCUT2D eigenvalue weighted by atomic mass is 32.2. The molecule has 0 fully saturated rings. The Hall–Kier alpha value is -9.23. The predicted octanol–water partition coefficient (Wildman–Crippen LogP) is 11.6. The summed E-state index contributed by atoms with van der Waals surface area (Å²) in [6.07, 6.45) is -0.456. The van der Waals surface area contributed by atoms with E-state index in [4.69, 9.17) is 28.1 Å². The van der Waals surface area contributed by atoms with Gasteiger partial charge in [0.05, 0.1) is 83.3 Å². The van der Waals surface area contributed by atoms with E-state index in [1.54, 1.807) is 74.5 Å². The van der Waals surface area contributed by atoms with Crippen molar-refractivity contribution in [3.63, 3.8) is 0 Å². The van der Waals surface area contributed by atoms with E-state index in [-0.39, 0.29) is 120 Å². The summed E-state index contributed by atoms with van der Waals surface area (Å²) in [6.45, 7) is 2.50. The zero-order valence-electron chi connectivity index (χ0n) is 46.4. The molecule has 0 aliphatic carbocycles. The highest BCUT2D eigenvalue weighted by molar-refractivity contribution is 7.86. The smallest absolute Gasteiger partial charge is 0.335 e. The third-order valence-electron chi connectivity index (χ3n) is 11.5. The lowest BCUT2D eigenvalue weighted by Gasteiger charge is -2.11. The maximum Gasteiger partial charge on any atom is 0.335 e. The van der Waals surface area contributed by atoms with Crippen LogP contribution in [0.4, 0.5) is 61.7 Å². The van der Waals surface area contributed by atoms with Crippen LogP contribution in [0.1, 0.15) is 57.5 Å². The van der Waals surface area contributed by atoms with Gasteiger partial charge in [0.1, 0.15) is 45.7 Å². The lowest BCUT2D eigenvalue weighted by atomic mass is 10.1. The van der Waals surface area contributed by atoms with Crippen LogP contribution in [-0.2, 0) is 40.5 Å². The van der Waals surface area contributed by atoms with Crippen LogP contribution in [0.25, 0.3) is 0 Å². The number of hydrogen-bond donors (Lipinski definition) is 8. The van der Waals surface area contributed by atoms with E-state index in [1.807, 2.05) is 0 Å². The molecule has 6 aromatic carbocycles. The summed E-state index contributed by atoms with van der Waals surface area (Å²) in [5.41, 5.74) is 2.97. The first kappa shape index (κ1) is 67.9. The van der Waals surface area contributed by atoms with E-state index >= 15 is 0 Å². The number of rotatable bonds is 32. The van der Waals surface area contributed by atoms with Crippen LogP contribution in [0.3, 0.4) is 0 Å². The number of ether oxygens (including phenoxy) is 4. The number of nitrogens with zero attached hydrogens (tertiary/aromatic N) is 8. The van der Waals surface area contributed by atoms with E-state index in [1.165, 1.54) is 48.5 Å². The average Bonchev–Trinajstić information content (AvgIpc) is 3.66. The van der Waals surface area contributed by atoms with Gasteiger partial charge in [0.15, 0.2) is 0 Å². The number of aromatic carboxylic acids is 2. The van der Waals surface area contributed by atoms with Crippen molar-refractivity contribution in [2.24, 2.45) is 40.9 Å². The molecule has 31 nitrogen and oxygen atoms in total. The minimum Gasteiger partial charge on any atom is -0.491 e. The van der Waals surface area contributed by atoms with Crippen LogP contribution in [0.2, 0.25) is 0 Å². The molecule has 6 rings (SSSR count). The number of carbonyl (C=O) groups excluding carboxylic acids is 1. The fourth-order valence-electron chi connectivity index (χ4n) is 7.27. The summed E-state index contributed by atoms with van der Waals surface area (Å²) in [5.74, 6) is -4.88. The van der Waals surface area contributed by atoms with E-state index in [2.05, 4.69) is 51.5 Å². The average molecular weight is 1300 g/mol. The zero-order valence-corrected chi connectivity index (χ0v) is 49.7. The van der Waals surface area contributed by atoms with Crippen LogP contribution in [0.15, 0.2) is 150 Å². The van der Waals surface area contributed by atoms with Crippen LogP contribution in [-0.4, -0.2) is 130 Å². The summed E-state index contributed by atoms with van der Waals surface area (Å²) < 4.78 is 150. The minimum absolute atomic E-state index is 0.0451. The van der Waals surface area contributed by atoms with Crippen molar-refractivity contribution in [1.29, 1.82) is 0 Å². The van der Waals surface area contributed by atoms with Gasteiger partial charge in [-0.25, -0.2) is 14.4 Å². The molecule has 0 aliphatic heterocycles. The Morgan fingerprint density at radius 1 is 0.375 bits per heavy atom. The first-order chi connectivity index (χ1) is 41.5. The molecule has 0 saturated carbocycles. The Morgan fingerprint density at radius 2 is 0.659 bits per heavy atom. The lowest BCUT2D eigenvalue weighted by Crippen LogP contribution is -2.19. The number of urea groups is 1. The Kier molecular flexibility index (Phi) is 23.8. The minimum atomic E-state index is -4.30. The summed E-state index contributed by atoms with van der Waals surface area (Å²) in [7, 11) is -17.2. The predicted molar refractivity (Wildman–Crippen MR) is 318 cm³/mol. The topological polar surface area (TPSA) is 469 Å². The number of carboxylic acids is 2. The fourth-order valence-corrected chi connectivity index (χ4v) is 9.20. The maximum absolute atomic E-state index is 13.1. The van der Waals surface area contributed by atoms with Gasteiger partial charge in [0.25, 0.3) is 40.5 Å². The third-order valence-corrected chi connectivity index (χ3v) is 14.7. The third kappa shape index (κ3) is 23.6. The Labute approximate surface area is 503 Å². The molecule has 0 heterocycles. The van der Waals surface area contributed by atoms with Crippen LogP contribution < -0.4 is 29.6 Å². The lowest BCUT2D eigenvalue weighted by molar-refractivity contribution is 0.0685. The van der Waals surface area contributed by atoms with Gasteiger partial charge >= 0.3 is 18.0 Å². The highest BCUT2D eigenvalue weighted by Crippen LogP contribution is 2.40. The number of azo groups is 4. The molecule has 0 aromatic heterocycles. The van der Waals surface area contributed by atoms with Crippen molar-refractivity contribution >= 4 is 115 Å². The molecule has 0 unspecified atom stereocenters. The Morgan fingerprint density at radius 3 is 0.955 bits per heavy atom. The van der Waals surface area contributed by atoms with Gasteiger partial charge in [0, 0.05) is 23.5 Å². The second-order valence-electron chi connectivity index (χ2n) is 18.6. The van der Waals surface area contributed by atoms with Crippen molar-refractivity contribution in [2.45, 2.75) is 39.5 Å². The Balaban J connectivity index is 1.12. The van der Waals surface area contributed by atoms with E-state index in [0.29, 0.717) is 33.9 Å². The summed E-state index contributed by atoms with van der Waals surface area (Å²) in [6, 6.07) is 25.2. The van der Waals surface area contributed by atoms with Gasteiger partial charge in [-0.05, 0) is 148 Å². The number of amides is 2. The van der Waals surface area contributed by atoms with E-state index in [0.717, 1.165) is 0 Å². The number of anilines is 2. The number of carboxylic acid groups (broad SMARTS) is 2. The molecule has 0 spiro atoms. The number of hydrogen-bond acceptors (Lipinski definition) is 23. The normalized spacial score (nSPS) is 12.2. The van der Waals surface area contributed by atoms with Crippen LogP contribution in [0.5, 0.6) is 23.0 Å². The zero-order chi connectivity index (χ0) is 64.2. The largest absolute Gasteiger partial charge is 0.491 e. The molecule has 2 amide bonds. The second-order valence-corrected chi connectivity index (χ2v) is 24.9. The van der Waals surface area contributed by atoms with Crippen molar-refractivity contribution in [3.05, 3.63) is 131 Å². The van der Waals surface area contributed by atoms with Gasteiger partial charge in [0.2, 0.25) is 0 Å². The first-order valence-electron chi connectivity index (χ1n) is 25.8. The fraction of sp³-hybridized carbons (Fsp3) is 0.264. The second kappa shape index (κ2) is 30.9. The molecule has 0 bridgehead atoms. The number of nitrogens with one attached hydrogen (secondary N) is 2. The van der Waals surface area contributed by atoms with E-state index in [9.17, 15) is 67.4 Å². The summed E-state index contributed by atoms with van der Waals surface area (Å²) in [5, 5.41) is 58.5. The van der Waals surface area contributed by atoms with Gasteiger partial charge < -0.3 is 39.8 Å². The van der Waals surface area contributed by atoms with Crippen molar-refractivity contribution in [3.8, 4) is 23.0 Å². The number of benzene rings is 6. The van der Waals surface area contributed by atoms with Gasteiger partial charge in [-0.1, -0.05) is 0 Å². The van der Waals surface area contributed by atoms with Crippen molar-refractivity contribution in [1.82, 2.24) is 0 Å². The Bertz CT molecular complexity index is 3850. The van der Waals surface area contributed by atoms with Gasteiger partial charge in [-0.15, -0.1) is 20.5 Å². The molecule has 0 aliphatic rings. The standard InChI is InChI=1S/C53H56N10O21S4/c1-33-27-45(49(83-21-5-25-87(75,76)77)31-43(33)60-58-41-17-7-35(51(64)65)29-47(41)81-19-3-23-85(69,70)71)62-56-39-13-9-37(10-14-39)54-53(68)55-38-11-15-40(16-12-38)57-63-46-28-34(2)44(32-50(46)84-22-6-26-88(78,79)80)61-59-42-18-8-36(52(66)67)30-48(42)82-20-4-24-86(72,73)74/h7-18,27-32H,3-6,19-26H2,1-2H3,(H,64,65)(H,66,67)(H2,54,55,68)(H,69,70,71)(H,72,73,74)(H,75,76,77)(H,78,79,80).